The van der Waals surface area contributed by atoms with E-state index < -0.39 is 52.3 Å². The van der Waals surface area contributed by atoms with Gasteiger partial charge in [-0.25, -0.2) is 18.2 Å². The van der Waals surface area contributed by atoms with Gasteiger partial charge in [-0.15, -0.1) is 0 Å². The fourth-order valence-electron chi connectivity index (χ4n) is 7.53. The molecule has 0 aliphatic carbocycles. The number of ether oxygens (including phenoxy) is 1. The van der Waals surface area contributed by atoms with E-state index >= 15 is 0 Å². The molecule has 57 heavy (non-hydrogen) atoms. The number of imide groups is 1. The zero-order valence-corrected chi connectivity index (χ0v) is 31.4. The van der Waals surface area contributed by atoms with E-state index in [2.05, 4.69) is 30.6 Å². The van der Waals surface area contributed by atoms with Gasteiger partial charge in [-0.05, 0) is 80.1 Å². The van der Waals surface area contributed by atoms with Gasteiger partial charge in [-0.2, -0.15) is 40.7 Å². The molecule has 3 saturated heterocycles. The number of alkyl halides is 6. The molecule has 0 saturated carbocycles. The number of urea groups is 1. The molecule has 14 nitrogen and oxygen atoms in total. The second kappa shape index (κ2) is 15.7. The first-order chi connectivity index (χ1) is 27.0. The zero-order chi connectivity index (χ0) is 40.7. The highest BCUT2D eigenvalue weighted by molar-refractivity contribution is 7.89. The molecule has 5 heterocycles. The standard InChI is InChI=1S/C36H39F6N9O5S/c1-56-32-28(36(40,41)42)19-43-33(46-32)44-25-9-14-49(15-10-25)57(54,55)26-4-2-3-22(17-26)20-48-12-7-23(8-13-48)24-5-6-27-29(18-24)51(21-35(37,38)39)47-31(27)50-16-11-30(52)45-34(50)53/h2-6,17-19,23,25H,7-16,20-21H2,1H3,(H,43,44,46)(H,45,52,53). The molecule has 3 fully saturated rings. The van der Waals surface area contributed by atoms with Crippen molar-refractivity contribution >= 4 is 44.6 Å². The molecule has 2 N–H and O–H groups in total. The third kappa shape index (κ3) is 8.94. The molecule has 0 spiro atoms. The Labute approximate surface area is 323 Å². The summed E-state index contributed by atoms with van der Waals surface area (Å²) in [6.45, 7) is 0.801. The third-order valence-electron chi connectivity index (χ3n) is 10.4. The fraction of sp³-hybridized carbons (Fsp3) is 0.472. The number of amides is 3. The lowest BCUT2D eigenvalue weighted by molar-refractivity contribution is -0.142. The highest BCUT2D eigenvalue weighted by Crippen LogP contribution is 2.37. The number of likely N-dealkylation sites (tertiary alicyclic amines) is 1. The quantitative estimate of drug-likeness (QED) is 0.196. The number of rotatable bonds is 10. The number of hydrogen-bond acceptors (Lipinski definition) is 10. The maximum atomic E-state index is 13.7. The molecule has 2 aromatic carbocycles. The van der Waals surface area contributed by atoms with Crippen LogP contribution in [0.3, 0.4) is 0 Å². The number of aromatic nitrogens is 4. The predicted octanol–water partition coefficient (Wildman–Crippen LogP) is 5.51. The van der Waals surface area contributed by atoms with Crippen LogP contribution >= 0.6 is 0 Å². The van der Waals surface area contributed by atoms with Crippen LogP contribution in [-0.2, 0) is 34.1 Å². The Bertz CT molecular complexity index is 2250. The molecule has 3 aliphatic heterocycles. The highest BCUT2D eigenvalue weighted by atomic mass is 32.2. The summed E-state index contributed by atoms with van der Waals surface area (Å²) < 4.78 is 115. The Morgan fingerprint density at radius 1 is 0.947 bits per heavy atom. The number of methoxy groups -OCH3 is 1. The number of halogens is 6. The summed E-state index contributed by atoms with van der Waals surface area (Å²) in [7, 11) is -2.77. The molecule has 3 aliphatic rings. The summed E-state index contributed by atoms with van der Waals surface area (Å²) in [5.41, 5.74) is 0.778. The van der Waals surface area contributed by atoms with Crippen molar-refractivity contribution < 1.29 is 49.1 Å². The van der Waals surface area contributed by atoms with Gasteiger partial charge in [0, 0.05) is 50.2 Å². The lowest BCUT2D eigenvalue weighted by Crippen LogP contribution is -2.49. The Morgan fingerprint density at radius 2 is 1.68 bits per heavy atom. The van der Waals surface area contributed by atoms with E-state index in [9.17, 15) is 44.3 Å². The van der Waals surface area contributed by atoms with Gasteiger partial charge in [0.2, 0.25) is 27.8 Å². The number of carbonyl (C=O) groups is 2. The Balaban J connectivity index is 0.963. The predicted molar refractivity (Wildman–Crippen MR) is 194 cm³/mol. The van der Waals surface area contributed by atoms with E-state index in [4.69, 9.17) is 4.74 Å². The molecule has 21 heteroatoms. The van der Waals surface area contributed by atoms with Crippen LogP contribution in [0.4, 0.5) is 42.9 Å². The number of nitrogens with zero attached hydrogens (tertiary/aromatic N) is 7. The molecule has 306 valence electrons. The first kappa shape index (κ1) is 40.2. The monoisotopic (exact) mass is 823 g/mol. The molecular formula is C36H39F6N9O5S. The molecular weight excluding hydrogens is 785 g/mol. The minimum absolute atomic E-state index is 0.000416. The smallest absolute Gasteiger partial charge is 0.423 e. The topological polar surface area (TPSA) is 155 Å². The number of carbonyl (C=O) groups excluding carboxylic acids is 2. The molecule has 0 bridgehead atoms. The summed E-state index contributed by atoms with van der Waals surface area (Å²) >= 11 is 0. The van der Waals surface area contributed by atoms with Crippen molar-refractivity contribution in [2.45, 2.75) is 74.4 Å². The fourth-order valence-corrected chi connectivity index (χ4v) is 9.07. The average molecular weight is 824 g/mol. The SMILES string of the molecule is COc1nc(NC2CCN(S(=O)(=O)c3cccc(CN4CCC(c5ccc6c(N7CCC(=O)NC7=O)nn(CC(F)(F)F)c6c5)CC4)c3)CC2)ncc1C(F)(F)F. The van der Waals surface area contributed by atoms with Gasteiger partial charge in [-0.3, -0.25) is 24.6 Å². The summed E-state index contributed by atoms with van der Waals surface area (Å²) in [6, 6.07) is 10.9. The molecule has 4 aromatic rings. The maximum absolute atomic E-state index is 13.7. The number of piperidine rings is 2. The van der Waals surface area contributed by atoms with Gasteiger partial charge in [0.25, 0.3) is 0 Å². The van der Waals surface area contributed by atoms with Crippen molar-refractivity contribution in [3.63, 3.8) is 0 Å². The summed E-state index contributed by atoms with van der Waals surface area (Å²) in [5, 5.41) is 9.70. The van der Waals surface area contributed by atoms with E-state index in [0.717, 1.165) is 22.9 Å². The number of anilines is 2. The lowest BCUT2D eigenvalue weighted by Gasteiger charge is -2.33. The van der Waals surface area contributed by atoms with Crippen molar-refractivity contribution in [1.29, 1.82) is 0 Å². The average Bonchev–Trinajstić information content (AvgIpc) is 3.50. The normalized spacial score (nSPS) is 18.6. The zero-order valence-electron chi connectivity index (χ0n) is 30.6. The molecule has 0 atom stereocenters. The van der Waals surface area contributed by atoms with Crippen molar-refractivity contribution in [2.75, 3.05) is 50.1 Å². The number of nitrogens with one attached hydrogen (secondary N) is 2. The van der Waals surface area contributed by atoms with E-state index in [1.807, 2.05) is 12.1 Å². The second-order valence-electron chi connectivity index (χ2n) is 14.3. The molecule has 0 unspecified atom stereocenters. The van der Waals surface area contributed by atoms with Gasteiger partial charge in [0.15, 0.2) is 5.82 Å². The number of fused-ring (bicyclic) bond motifs is 1. The van der Waals surface area contributed by atoms with Crippen molar-refractivity contribution in [3.05, 3.63) is 65.4 Å². The molecule has 2 aromatic heterocycles. The Kier molecular flexibility index (Phi) is 11.1. The van der Waals surface area contributed by atoms with E-state index in [1.165, 1.54) is 9.21 Å². The largest absolute Gasteiger partial charge is 0.480 e. The van der Waals surface area contributed by atoms with E-state index in [1.54, 1.807) is 30.3 Å². The van der Waals surface area contributed by atoms with Crippen LogP contribution in [0.2, 0.25) is 0 Å². The van der Waals surface area contributed by atoms with Gasteiger partial charge < -0.3 is 10.1 Å². The Morgan fingerprint density at radius 3 is 2.35 bits per heavy atom. The van der Waals surface area contributed by atoms with Gasteiger partial charge >= 0.3 is 18.4 Å². The minimum atomic E-state index is -4.68. The highest BCUT2D eigenvalue weighted by Gasteiger charge is 2.37. The van der Waals surface area contributed by atoms with Crippen LogP contribution in [0.25, 0.3) is 10.9 Å². The van der Waals surface area contributed by atoms with Crippen LogP contribution in [0, 0.1) is 0 Å². The third-order valence-corrected chi connectivity index (χ3v) is 12.3. The molecule has 0 radical (unpaired) electrons. The summed E-state index contributed by atoms with van der Waals surface area (Å²) in [4.78, 5) is 35.3. The van der Waals surface area contributed by atoms with Gasteiger partial charge in [-0.1, -0.05) is 18.2 Å². The number of sulfonamides is 1. The number of benzene rings is 2. The van der Waals surface area contributed by atoms with Crippen LogP contribution in [0.1, 0.15) is 54.7 Å². The van der Waals surface area contributed by atoms with Crippen molar-refractivity contribution in [3.8, 4) is 5.88 Å². The van der Waals surface area contributed by atoms with E-state index in [0.29, 0.717) is 56.9 Å². The van der Waals surface area contributed by atoms with Crippen LogP contribution < -0.4 is 20.3 Å². The first-order valence-corrected chi connectivity index (χ1v) is 19.7. The van der Waals surface area contributed by atoms with Crippen molar-refractivity contribution in [1.82, 2.24) is 34.3 Å². The summed E-state index contributed by atoms with van der Waals surface area (Å²) in [6.07, 6.45) is -6.45. The summed E-state index contributed by atoms with van der Waals surface area (Å²) in [5.74, 6) is -1.03. The maximum Gasteiger partial charge on any atom is 0.423 e. The van der Waals surface area contributed by atoms with Gasteiger partial charge in [0.1, 0.15) is 12.1 Å². The van der Waals surface area contributed by atoms with Crippen LogP contribution in [0.15, 0.2) is 53.6 Å². The Hall–Kier alpha value is -5.02. The van der Waals surface area contributed by atoms with E-state index in [-0.39, 0.29) is 60.2 Å². The van der Waals surface area contributed by atoms with Crippen LogP contribution in [0.5, 0.6) is 5.88 Å². The van der Waals surface area contributed by atoms with Gasteiger partial charge in [0.05, 0.1) is 17.5 Å². The molecule has 7 rings (SSSR count). The minimum Gasteiger partial charge on any atom is -0.480 e. The van der Waals surface area contributed by atoms with Crippen molar-refractivity contribution in [2.24, 2.45) is 0 Å². The lowest BCUT2D eigenvalue weighted by atomic mass is 9.89. The first-order valence-electron chi connectivity index (χ1n) is 18.2. The van der Waals surface area contributed by atoms with Crippen LogP contribution in [-0.4, -0.2) is 101 Å². The molecule has 3 amide bonds. The number of hydrogen-bond donors (Lipinski definition) is 2. The second-order valence-corrected chi connectivity index (χ2v) is 16.2.